The van der Waals surface area contributed by atoms with Crippen molar-refractivity contribution in [3.05, 3.63) is 28.6 Å². The minimum Gasteiger partial charge on any atom is -0.378 e. The van der Waals surface area contributed by atoms with Crippen LogP contribution in [0.3, 0.4) is 0 Å². The first-order valence-electron chi connectivity index (χ1n) is 3.62. The highest BCUT2D eigenvalue weighted by Gasteiger charge is 2.11. The molecule has 2 aromatic rings. The van der Waals surface area contributed by atoms with Crippen molar-refractivity contribution in [1.82, 2.24) is 5.16 Å². The van der Waals surface area contributed by atoms with E-state index in [0.717, 1.165) is 0 Å². The van der Waals surface area contributed by atoms with Gasteiger partial charge in [0.15, 0.2) is 5.58 Å². The van der Waals surface area contributed by atoms with Crippen molar-refractivity contribution >= 4 is 21.0 Å². The summed E-state index contributed by atoms with van der Waals surface area (Å²) in [6, 6.07) is 3.81. The molecule has 0 radical (unpaired) electrons. The van der Waals surface area contributed by atoms with E-state index in [4.69, 9.17) is 9.66 Å². The molecular formula is C7H6N2O4S. The van der Waals surface area contributed by atoms with Crippen LogP contribution in [0.5, 0.6) is 0 Å². The fourth-order valence-electron chi connectivity index (χ4n) is 1.11. The maximum Gasteiger partial charge on any atom is 0.287 e. The number of primary sulfonamides is 1. The average Bonchev–Trinajstić information content (AvgIpc) is 2.46. The van der Waals surface area contributed by atoms with Gasteiger partial charge in [-0.2, -0.15) is 5.16 Å². The van der Waals surface area contributed by atoms with Crippen molar-refractivity contribution in [2.24, 2.45) is 5.14 Å². The third-order valence-electron chi connectivity index (χ3n) is 1.78. The van der Waals surface area contributed by atoms with Crippen LogP contribution in [0, 0.1) is 0 Å². The Balaban J connectivity index is 2.86. The van der Waals surface area contributed by atoms with E-state index < -0.39 is 15.6 Å². The van der Waals surface area contributed by atoms with E-state index in [0.29, 0.717) is 5.58 Å². The molecule has 1 heterocycles. The van der Waals surface area contributed by atoms with Gasteiger partial charge < -0.3 is 4.52 Å². The lowest BCUT2D eigenvalue weighted by atomic mass is 10.3. The molecule has 0 saturated heterocycles. The van der Waals surface area contributed by atoms with E-state index >= 15 is 0 Å². The van der Waals surface area contributed by atoms with Crippen LogP contribution in [0.25, 0.3) is 11.0 Å². The molecule has 14 heavy (non-hydrogen) atoms. The minimum atomic E-state index is -3.78. The van der Waals surface area contributed by atoms with Crippen LogP contribution in [0.1, 0.15) is 0 Å². The summed E-state index contributed by atoms with van der Waals surface area (Å²) in [5.74, 6) is 0. The number of fused-ring (bicyclic) bond motifs is 1. The Morgan fingerprint density at radius 3 is 2.71 bits per heavy atom. The molecule has 2 rings (SSSR count). The first-order chi connectivity index (χ1) is 6.48. The third-order valence-corrected chi connectivity index (χ3v) is 2.69. The van der Waals surface area contributed by atoms with Gasteiger partial charge in [0.25, 0.3) is 5.56 Å². The monoisotopic (exact) mass is 214 g/mol. The molecule has 0 saturated carbocycles. The number of H-pyrrole nitrogens is 1. The molecule has 0 bridgehead atoms. The Morgan fingerprint density at radius 1 is 1.36 bits per heavy atom. The van der Waals surface area contributed by atoms with Gasteiger partial charge in [-0.05, 0) is 18.2 Å². The maximum atomic E-state index is 11.1. The van der Waals surface area contributed by atoms with Gasteiger partial charge in [-0.25, -0.2) is 13.6 Å². The number of nitrogens with one attached hydrogen (secondary N) is 1. The third kappa shape index (κ3) is 1.32. The topological polar surface area (TPSA) is 106 Å². The van der Waals surface area contributed by atoms with Crippen molar-refractivity contribution in [2.75, 3.05) is 0 Å². The van der Waals surface area contributed by atoms with E-state index in [1.807, 2.05) is 0 Å². The number of benzene rings is 1. The largest absolute Gasteiger partial charge is 0.378 e. The zero-order chi connectivity index (χ0) is 10.3. The van der Waals surface area contributed by atoms with Crippen LogP contribution < -0.4 is 10.7 Å². The minimum absolute atomic E-state index is 0.114. The summed E-state index contributed by atoms with van der Waals surface area (Å²) in [6.07, 6.45) is 0. The smallest absolute Gasteiger partial charge is 0.287 e. The Morgan fingerprint density at radius 2 is 2.07 bits per heavy atom. The summed E-state index contributed by atoms with van der Waals surface area (Å²) in [5, 5.41) is 7.15. The molecule has 0 amide bonds. The molecule has 0 unspecified atom stereocenters. The highest BCUT2D eigenvalue weighted by molar-refractivity contribution is 7.89. The zero-order valence-corrected chi connectivity index (χ0v) is 7.67. The molecule has 0 spiro atoms. The number of hydrogen-bond donors (Lipinski definition) is 2. The van der Waals surface area contributed by atoms with E-state index in [9.17, 15) is 13.2 Å². The molecule has 0 fully saturated rings. The molecule has 0 atom stereocenters. The molecule has 1 aromatic carbocycles. The molecule has 6 nitrogen and oxygen atoms in total. The summed E-state index contributed by atoms with van der Waals surface area (Å²) < 4.78 is 26.6. The number of aromatic nitrogens is 1. The summed E-state index contributed by atoms with van der Waals surface area (Å²) >= 11 is 0. The molecule has 74 valence electrons. The molecule has 1 aromatic heterocycles. The standard InChI is InChI=1S/C7H6N2O4S/c8-14(11,12)4-1-2-6-5(3-4)7(10)9-13-6/h1-3H,(H,9,10)(H2,8,11,12). The van der Waals surface area contributed by atoms with Crippen molar-refractivity contribution < 1.29 is 12.9 Å². The van der Waals surface area contributed by atoms with Crippen LogP contribution in [0.4, 0.5) is 0 Å². The summed E-state index contributed by atoms with van der Waals surface area (Å²) in [5.41, 5.74) is -0.187. The predicted octanol–water partition coefficient (Wildman–Crippen LogP) is -0.231. The average molecular weight is 214 g/mol. The number of rotatable bonds is 1. The van der Waals surface area contributed by atoms with Crippen LogP contribution in [-0.2, 0) is 10.0 Å². The molecule has 0 aliphatic rings. The fourth-order valence-corrected chi connectivity index (χ4v) is 1.65. The van der Waals surface area contributed by atoms with Gasteiger partial charge in [0.05, 0.1) is 10.3 Å². The number of nitrogens with two attached hydrogens (primary N) is 1. The lowest BCUT2D eigenvalue weighted by molar-refractivity contribution is 0.449. The van der Waals surface area contributed by atoms with Gasteiger partial charge in [0.1, 0.15) is 0 Å². The Bertz CT molecular complexity index is 637. The van der Waals surface area contributed by atoms with Gasteiger partial charge >= 0.3 is 0 Å². The van der Waals surface area contributed by atoms with Crippen LogP contribution in [0.2, 0.25) is 0 Å². The van der Waals surface area contributed by atoms with E-state index in [-0.39, 0.29) is 10.3 Å². The van der Waals surface area contributed by atoms with Crippen LogP contribution in [0.15, 0.2) is 32.4 Å². The summed E-state index contributed by atoms with van der Waals surface area (Å²) in [7, 11) is -3.78. The lowest BCUT2D eigenvalue weighted by Crippen LogP contribution is -2.12. The first-order valence-corrected chi connectivity index (χ1v) is 5.17. The lowest BCUT2D eigenvalue weighted by Gasteiger charge is -1.95. The summed E-state index contributed by atoms with van der Waals surface area (Å²) in [4.78, 5) is 11.0. The van der Waals surface area contributed by atoms with Gasteiger partial charge in [-0.3, -0.25) is 4.79 Å². The molecule has 0 aliphatic carbocycles. The normalized spacial score (nSPS) is 12.1. The highest BCUT2D eigenvalue weighted by atomic mass is 32.2. The van der Waals surface area contributed by atoms with Gasteiger partial charge in [-0.1, -0.05) is 0 Å². The second-order valence-corrected chi connectivity index (χ2v) is 4.30. The quantitative estimate of drug-likeness (QED) is 0.683. The number of hydrogen-bond acceptors (Lipinski definition) is 4. The van der Waals surface area contributed by atoms with Crippen molar-refractivity contribution in [3.63, 3.8) is 0 Å². The highest BCUT2D eigenvalue weighted by Crippen LogP contribution is 2.14. The second-order valence-electron chi connectivity index (χ2n) is 2.74. The maximum absolute atomic E-state index is 11.1. The number of aromatic amines is 1. The Kier molecular flexibility index (Phi) is 1.73. The van der Waals surface area contributed by atoms with Gasteiger partial charge in [0.2, 0.25) is 10.0 Å². The first kappa shape index (κ1) is 8.97. The van der Waals surface area contributed by atoms with Crippen LogP contribution in [-0.4, -0.2) is 13.6 Å². The molecular weight excluding hydrogens is 208 g/mol. The van der Waals surface area contributed by atoms with Gasteiger partial charge in [0, 0.05) is 0 Å². The second kappa shape index (κ2) is 2.69. The Hall–Kier alpha value is -1.60. The zero-order valence-electron chi connectivity index (χ0n) is 6.85. The predicted molar refractivity (Wildman–Crippen MR) is 48.2 cm³/mol. The van der Waals surface area contributed by atoms with Gasteiger partial charge in [-0.15, -0.1) is 0 Å². The molecule has 7 heteroatoms. The molecule has 0 aliphatic heterocycles. The summed E-state index contributed by atoms with van der Waals surface area (Å²) in [6.45, 7) is 0. The van der Waals surface area contributed by atoms with E-state index in [2.05, 4.69) is 5.16 Å². The fraction of sp³-hybridized carbons (Fsp3) is 0. The molecule has 3 N–H and O–H groups in total. The van der Waals surface area contributed by atoms with E-state index in [1.165, 1.54) is 18.2 Å². The Labute approximate surface area is 78.3 Å². The van der Waals surface area contributed by atoms with Crippen LogP contribution >= 0.6 is 0 Å². The number of sulfonamides is 1. The van der Waals surface area contributed by atoms with Crippen molar-refractivity contribution in [1.29, 1.82) is 0 Å². The SMILES string of the molecule is NS(=O)(=O)c1ccc2o[nH]c(=O)c2c1. The van der Waals surface area contributed by atoms with E-state index in [1.54, 1.807) is 0 Å². The van der Waals surface area contributed by atoms with Crippen molar-refractivity contribution in [2.45, 2.75) is 4.90 Å². The van der Waals surface area contributed by atoms with Crippen molar-refractivity contribution in [3.8, 4) is 0 Å².